The van der Waals surface area contributed by atoms with Crippen molar-refractivity contribution < 1.29 is 9.79 Å². The van der Waals surface area contributed by atoms with Gasteiger partial charge < -0.3 is 0 Å². The summed E-state index contributed by atoms with van der Waals surface area (Å²) in [5.74, 6) is 0. The summed E-state index contributed by atoms with van der Waals surface area (Å²) >= 11 is 12.1. The fourth-order valence-electron chi connectivity index (χ4n) is 2.20. The molecule has 1 aliphatic rings. The summed E-state index contributed by atoms with van der Waals surface area (Å²) in [7, 11) is -0.272. The van der Waals surface area contributed by atoms with E-state index in [2.05, 4.69) is 0 Å². The second-order valence-corrected chi connectivity index (χ2v) is 9.99. The van der Waals surface area contributed by atoms with Crippen LogP contribution in [-0.4, -0.2) is 14.7 Å². The topological polar surface area (TPSA) is 34.1 Å². The van der Waals surface area contributed by atoms with Gasteiger partial charge in [-0.15, -0.1) is 0 Å². The third-order valence-corrected chi connectivity index (χ3v) is 7.48. The Kier molecular flexibility index (Phi) is 4.65. The fourth-order valence-corrected chi connectivity index (χ4v) is 5.56. The fraction of sp³-hybridized carbons (Fsp3) is 0.125. The maximum absolute atomic E-state index is 11.6. The second-order valence-electron chi connectivity index (χ2n) is 5.05. The second kappa shape index (κ2) is 6.73. The van der Waals surface area contributed by atoms with Crippen LogP contribution < -0.4 is 0 Å². The van der Waals surface area contributed by atoms with E-state index in [1.807, 2.05) is 6.07 Å². The number of benzene rings is 2. The molecule has 2 aromatic carbocycles. The van der Waals surface area contributed by atoms with Crippen LogP contribution >= 0.6 is 44.8 Å². The molecular weight excluding hydrogens is 391 g/mol. The minimum atomic E-state index is -3.22. The smallest absolute Gasteiger partial charge is 0.175 e. The van der Waals surface area contributed by atoms with Gasteiger partial charge in [-0.2, -0.15) is 0 Å². The van der Waals surface area contributed by atoms with Crippen LogP contribution in [0.25, 0.3) is 5.57 Å². The summed E-state index contributed by atoms with van der Waals surface area (Å²) in [6.45, 7) is 0. The standard InChI is InChI=1S/C16H12Cl2O2S3/c1-23(19,20)12-5-2-10(3-6-12)16-13(9-21-22-16)11-4-7-14(17)15(18)8-11/h2-9,16H,1H3/i9T. The lowest BCUT2D eigenvalue weighted by Gasteiger charge is -2.15. The van der Waals surface area contributed by atoms with Crippen LogP contribution in [-0.2, 0) is 9.84 Å². The van der Waals surface area contributed by atoms with Gasteiger partial charge in [0.05, 0.1) is 21.6 Å². The Morgan fingerprint density at radius 3 is 2.39 bits per heavy atom. The average molecular weight is 405 g/mol. The first-order chi connectivity index (χ1) is 11.3. The van der Waals surface area contributed by atoms with Crippen molar-refractivity contribution in [2.75, 3.05) is 6.26 Å². The first-order valence-corrected chi connectivity index (χ1v) is 11.4. The van der Waals surface area contributed by atoms with Gasteiger partial charge in [0.1, 0.15) is 0 Å². The van der Waals surface area contributed by atoms with Crippen molar-refractivity contribution >= 4 is 60.2 Å². The molecule has 0 spiro atoms. The van der Waals surface area contributed by atoms with Gasteiger partial charge in [0.15, 0.2) is 9.84 Å². The Morgan fingerprint density at radius 1 is 1.09 bits per heavy atom. The van der Waals surface area contributed by atoms with Gasteiger partial charge in [-0.1, -0.05) is 63.0 Å². The van der Waals surface area contributed by atoms with Crippen molar-refractivity contribution in [1.29, 1.82) is 0 Å². The van der Waals surface area contributed by atoms with Crippen molar-refractivity contribution in [2.45, 2.75) is 10.1 Å². The molecule has 0 bridgehead atoms. The molecule has 1 atom stereocenters. The molecule has 0 fully saturated rings. The number of rotatable bonds is 3. The normalized spacial score (nSPS) is 19.1. The molecule has 1 aliphatic heterocycles. The molecule has 2 nitrogen and oxygen atoms in total. The van der Waals surface area contributed by atoms with E-state index in [4.69, 9.17) is 24.6 Å². The van der Waals surface area contributed by atoms with E-state index in [-0.39, 0.29) is 10.1 Å². The average Bonchev–Trinajstić information content (AvgIpc) is 2.91. The van der Waals surface area contributed by atoms with E-state index in [0.29, 0.717) is 15.4 Å². The Morgan fingerprint density at radius 2 is 1.78 bits per heavy atom. The molecule has 2 aromatic rings. The van der Waals surface area contributed by atoms with E-state index >= 15 is 0 Å². The van der Waals surface area contributed by atoms with Crippen LogP contribution in [0.1, 0.15) is 17.7 Å². The summed E-state index contributed by atoms with van der Waals surface area (Å²) in [5, 5.41) is 1.33. The van der Waals surface area contributed by atoms with Gasteiger partial charge in [-0.25, -0.2) is 8.42 Å². The molecule has 0 aromatic heterocycles. The third-order valence-electron chi connectivity index (χ3n) is 3.40. The molecule has 23 heavy (non-hydrogen) atoms. The zero-order chi connectivity index (χ0) is 17.5. The minimum absolute atomic E-state index is 0.0617. The zero-order valence-corrected chi connectivity index (χ0v) is 15.9. The molecule has 120 valence electrons. The Hall–Kier alpha value is -0.590. The first kappa shape index (κ1) is 15.9. The molecule has 0 saturated heterocycles. The van der Waals surface area contributed by atoms with E-state index in [1.165, 1.54) is 17.0 Å². The van der Waals surface area contributed by atoms with Gasteiger partial charge in [-0.3, -0.25) is 0 Å². The molecule has 0 aliphatic carbocycles. The van der Waals surface area contributed by atoms with Gasteiger partial charge in [0, 0.05) is 6.26 Å². The highest BCUT2D eigenvalue weighted by molar-refractivity contribution is 8.78. The van der Waals surface area contributed by atoms with Crippen molar-refractivity contribution in [3.63, 3.8) is 0 Å². The summed E-state index contributed by atoms with van der Waals surface area (Å²) in [6, 6.07) is 12.1. The highest BCUT2D eigenvalue weighted by Crippen LogP contribution is 2.54. The predicted molar refractivity (Wildman–Crippen MR) is 102 cm³/mol. The van der Waals surface area contributed by atoms with Crippen molar-refractivity contribution in [2.24, 2.45) is 0 Å². The van der Waals surface area contributed by atoms with Crippen LogP contribution in [0.15, 0.2) is 52.7 Å². The van der Waals surface area contributed by atoms with Crippen molar-refractivity contribution in [3.05, 3.63) is 69.0 Å². The molecule has 1 unspecified atom stereocenters. The Bertz CT molecular complexity index is 925. The maximum atomic E-state index is 11.6. The van der Waals surface area contributed by atoms with Gasteiger partial charge in [0.2, 0.25) is 0 Å². The Balaban J connectivity index is 2.00. The van der Waals surface area contributed by atoms with Crippen LogP contribution in [0, 0.1) is 0 Å². The van der Waals surface area contributed by atoms with Crippen LogP contribution in [0.2, 0.25) is 10.0 Å². The summed E-state index contributed by atoms with van der Waals surface area (Å²) in [5.41, 5.74) is 2.66. The van der Waals surface area contributed by atoms with Gasteiger partial charge in [-0.05, 0) is 46.3 Å². The van der Waals surface area contributed by atoms with Gasteiger partial charge >= 0.3 is 0 Å². The maximum Gasteiger partial charge on any atom is 0.175 e. The summed E-state index contributed by atoms with van der Waals surface area (Å²) in [4.78, 5) is 0.285. The van der Waals surface area contributed by atoms with Gasteiger partial charge in [0.25, 0.3) is 0 Å². The van der Waals surface area contributed by atoms with E-state index < -0.39 is 9.84 Å². The molecule has 0 radical (unpaired) electrons. The monoisotopic (exact) mass is 404 g/mol. The lowest BCUT2D eigenvalue weighted by atomic mass is 9.99. The quantitative estimate of drug-likeness (QED) is 0.598. The van der Waals surface area contributed by atoms with E-state index in [9.17, 15) is 8.42 Å². The van der Waals surface area contributed by atoms with Crippen molar-refractivity contribution in [3.8, 4) is 0 Å². The molecule has 0 saturated carbocycles. The molecule has 7 heteroatoms. The summed E-state index contributed by atoms with van der Waals surface area (Å²) in [6.07, 6.45) is 1.19. The number of hydrogen-bond donors (Lipinski definition) is 0. The molecule has 1 heterocycles. The molecular formula is C16H12Cl2O2S3. The molecule has 0 amide bonds. The first-order valence-electron chi connectivity index (χ1n) is 7.07. The van der Waals surface area contributed by atoms with Crippen molar-refractivity contribution in [1.82, 2.24) is 0 Å². The number of hydrogen-bond acceptors (Lipinski definition) is 4. The Labute approximate surface area is 155 Å². The van der Waals surface area contributed by atoms with Crippen LogP contribution in [0.3, 0.4) is 0 Å². The van der Waals surface area contributed by atoms with Crippen LogP contribution in [0.5, 0.6) is 0 Å². The summed E-state index contributed by atoms with van der Waals surface area (Å²) < 4.78 is 31.4. The predicted octanol–water partition coefficient (Wildman–Crippen LogP) is 5.87. The molecule has 0 N–H and O–H groups in total. The SMILES string of the molecule is [3H]C1=C(c2ccc(Cl)c(Cl)c2)C(c2ccc(S(C)(=O)=O)cc2)SS1. The van der Waals surface area contributed by atoms with Crippen LogP contribution in [0.4, 0.5) is 0 Å². The third kappa shape index (κ3) is 3.74. The lowest BCUT2D eigenvalue weighted by Crippen LogP contribution is -1.99. The highest BCUT2D eigenvalue weighted by atomic mass is 35.5. The largest absolute Gasteiger partial charge is 0.224 e. The van der Waals surface area contributed by atoms with E-state index in [0.717, 1.165) is 16.7 Å². The highest BCUT2D eigenvalue weighted by Gasteiger charge is 2.24. The minimum Gasteiger partial charge on any atom is -0.224 e. The lowest BCUT2D eigenvalue weighted by molar-refractivity contribution is 0.602. The molecule has 3 rings (SSSR count). The zero-order valence-electron chi connectivity index (χ0n) is 12.9. The number of sulfone groups is 1. The van der Waals surface area contributed by atoms with E-state index in [1.54, 1.807) is 47.2 Å². The number of halogens is 2.